The molecule has 0 aliphatic carbocycles. The van der Waals surface area contributed by atoms with Crippen LogP contribution in [0.25, 0.3) is 0 Å². The normalized spacial score (nSPS) is 41.9. The molecule has 2 atom stereocenters. The van der Waals surface area contributed by atoms with Crippen molar-refractivity contribution in [3.63, 3.8) is 0 Å². The zero-order valence-electron chi connectivity index (χ0n) is 3.66. The SMILES string of the molecule is O=S1C[C@H](O)CS1. The Labute approximate surface area is 48.2 Å². The smallest absolute Gasteiger partial charge is 0.0831 e. The highest BCUT2D eigenvalue weighted by atomic mass is 33.1. The Bertz CT molecular complexity index is 92.9. The van der Waals surface area contributed by atoms with Crippen LogP contribution >= 0.6 is 10.8 Å². The van der Waals surface area contributed by atoms with E-state index in [1.807, 2.05) is 0 Å². The van der Waals surface area contributed by atoms with E-state index in [9.17, 15) is 4.21 Å². The molecule has 1 aliphatic rings. The molecule has 0 amide bonds. The van der Waals surface area contributed by atoms with E-state index in [2.05, 4.69) is 0 Å². The van der Waals surface area contributed by atoms with Gasteiger partial charge in [0.25, 0.3) is 0 Å². The molecule has 1 fully saturated rings. The molecule has 0 bridgehead atoms. The fourth-order valence-electron chi connectivity index (χ4n) is 0.408. The van der Waals surface area contributed by atoms with Gasteiger partial charge in [-0.2, -0.15) is 0 Å². The maximum atomic E-state index is 10.4. The summed E-state index contributed by atoms with van der Waals surface area (Å²) in [6.07, 6.45) is -0.314. The molecule has 0 aromatic carbocycles. The Balaban J connectivity index is 2.40. The molecule has 0 spiro atoms. The fourth-order valence-corrected chi connectivity index (χ4v) is 3.20. The van der Waals surface area contributed by atoms with E-state index in [-0.39, 0.29) is 6.10 Å². The zero-order chi connectivity index (χ0) is 5.28. The molecular weight excluding hydrogens is 132 g/mol. The Morgan fingerprint density at radius 2 is 2.57 bits per heavy atom. The molecule has 0 aromatic rings. The third-order valence-electron chi connectivity index (χ3n) is 0.720. The minimum absolute atomic E-state index is 0.314. The van der Waals surface area contributed by atoms with Crippen LogP contribution in [0.1, 0.15) is 0 Å². The summed E-state index contributed by atoms with van der Waals surface area (Å²) in [5, 5.41) is 8.69. The first-order chi connectivity index (χ1) is 3.29. The molecule has 1 N–H and O–H groups in total. The number of aliphatic hydroxyl groups excluding tert-OH is 1. The second kappa shape index (κ2) is 2.15. The molecule has 1 saturated heterocycles. The van der Waals surface area contributed by atoms with Gasteiger partial charge >= 0.3 is 0 Å². The predicted molar refractivity (Wildman–Crippen MR) is 31.5 cm³/mol. The van der Waals surface area contributed by atoms with Crippen molar-refractivity contribution in [2.75, 3.05) is 11.5 Å². The van der Waals surface area contributed by atoms with Crippen LogP contribution in [0.5, 0.6) is 0 Å². The molecule has 0 saturated carbocycles. The third kappa shape index (κ3) is 1.44. The van der Waals surface area contributed by atoms with Crippen molar-refractivity contribution in [2.24, 2.45) is 0 Å². The molecule has 4 heteroatoms. The van der Waals surface area contributed by atoms with Crippen molar-refractivity contribution in [2.45, 2.75) is 6.10 Å². The largest absolute Gasteiger partial charge is 0.391 e. The van der Waals surface area contributed by atoms with Crippen molar-refractivity contribution in [1.29, 1.82) is 0 Å². The van der Waals surface area contributed by atoms with E-state index in [4.69, 9.17) is 5.11 Å². The van der Waals surface area contributed by atoms with Crippen LogP contribution in [-0.4, -0.2) is 26.9 Å². The standard InChI is InChI=1S/C3H6O2S2/c4-3-1-6-7(5)2-3/h3-4H,1-2H2/t3-,7?/m1/s1. The van der Waals surface area contributed by atoms with Gasteiger partial charge < -0.3 is 5.11 Å². The van der Waals surface area contributed by atoms with E-state index in [0.29, 0.717) is 11.5 Å². The van der Waals surface area contributed by atoms with Gasteiger partial charge in [-0.1, -0.05) is 10.8 Å². The fraction of sp³-hybridized carbons (Fsp3) is 1.00. The van der Waals surface area contributed by atoms with Gasteiger partial charge in [-0.05, 0) is 0 Å². The van der Waals surface area contributed by atoms with Crippen LogP contribution in [0.15, 0.2) is 0 Å². The monoisotopic (exact) mass is 138 g/mol. The van der Waals surface area contributed by atoms with E-state index >= 15 is 0 Å². The Morgan fingerprint density at radius 1 is 1.86 bits per heavy atom. The van der Waals surface area contributed by atoms with Gasteiger partial charge in [0.2, 0.25) is 0 Å². The lowest BCUT2D eigenvalue weighted by atomic mass is 10.5. The molecule has 1 heterocycles. The van der Waals surface area contributed by atoms with Crippen molar-refractivity contribution in [1.82, 2.24) is 0 Å². The summed E-state index contributed by atoms with van der Waals surface area (Å²) in [6.45, 7) is 0. The molecule has 42 valence electrons. The summed E-state index contributed by atoms with van der Waals surface area (Å²) in [5.74, 6) is 1.11. The zero-order valence-corrected chi connectivity index (χ0v) is 5.30. The second-order valence-electron chi connectivity index (χ2n) is 1.41. The average Bonchev–Trinajstić information content (AvgIpc) is 1.87. The maximum absolute atomic E-state index is 10.4. The van der Waals surface area contributed by atoms with Crippen molar-refractivity contribution < 1.29 is 9.32 Å². The number of aliphatic hydroxyl groups is 1. The summed E-state index contributed by atoms with van der Waals surface area (Å²) in [4.78, 5) is 0. The number of hydrogen-bond acceptors (Lipinski definition) is 3. The lowest BCUT2D eigenvalue weighted by Gasteiger charge is -1.88. The Kier molecular flexibility index (Phi) is 1.72. The Hall–Kier alpha value is 0.460. The third-order valence-corrected chi connectivity index (χ3v) is 3.77. The summed E-state index contributed by atoms with van der Waals surface area (Å²) >= 11 is 0. The number of hydrogen-bond donors (Lipinski definition) is 1. The molecule has 1 aliphatic heterocycles. The van der Waals surface area contributed by atoms with Gasteiger partial charge in [-0.25, -0.2) is 4.21 Å². The highest BCUT2D eigenvalue weighted by Crippen LogP contribution is 2.18. The minimum Gasteiger partial charge on any atom is -0.391 e. The van der Waals surface area contributed by atoms with Gasteiger partial charge in [-0.15, -0.1) is 0 Å². The molecule has 0 aromatic heterocycles. The van der Waals surface area contributed by atoms with Gasteiger partial charge in [-0.3, -0.25) is 0 Å². The molecule has 0 radical (unpaired) electrons. The first-order valence-corrected chi connectivity index (χ1v) is 4.81. The second-order valence-corrected chi connectivity index (χ2v) is 4.74. The van der Waals surface area contributed by atoms with Crippen molar-refractivity contribution in [3.05, 3.63) is 0 Å². The van der Waals surface area contributed by atoms with Gasteiger partial charge in [0.05, 0.1) is 21.7 Å². The van der Waals surface area contributed by atoms with Crippen LogP contribution in [0, 0.1) is 0 Å². The van der Waals surface area contributed by atoms with Gasteiger partial charge in [0.1, 0.15) is 0 Å². The van der Waals surface area contributed by atoms with E-state index < -0.39 is 9.83 Å². The maximum Gasteiger partial charge on any atom is 0.0831 e. The van der Waals surface area contributed by atoms with E-state index in [1.165, 1.54) is 10.8 Å². The van der Waals surface area contributed by atoms with Crippen LogP contribution in [0.4, 0.5) is 0 Å². The van der Waals surface area contributed by atoms with Gasteiger partial charge in [0, 0.05) is 5.75 Å². The van der Waals surface area contributed by atoms with E-state index in [1.54, 1.807) is 0 Å². The predicted octanol–water partition coefficient (Wildman–Crippen LogP) is -0.242. The molecule has 2 nitrogen and oxygen atoms in total. The summed E-state index contributed by atoms with van der Waals surface area (Å²) in [5.41, 5.74) is 0. The summed E-state index contributed by atoms with van der Waals surface area (Å²) in [6, 6.07) is 0. The molecule has 1 rings (SSSR count). The molecular formula is C3H6O2S2. The van der Waals surface area contributed by atoms with Gasteiger partial charge in [0.15, 0.2) is 0 Å². The molecule has 7 heavy (non-hydrogen) atoms. The Morgan fingerprint density at radius 3 is 2.71 bits per heavy atom. The van der Waals surface area contributed by atoms with Crippen LogP contribution in [0.2, 0.25) is 0 Å². The first kappa shape index (κ1) is 5.59. The highest BCUT2D eigenvalue weighted by Gasteiger charge is 2.18. The first-order valence-electron chi connectivity index (χ1n) is 1.99. The highest BCUT2D eigenvalue weighted by molar-refractivity contribution is 8.69. The topological polar surface area (TPSA) is 37.3 Å². The number of rotatable bonds is 0. The summed E-state index contributed by atoms with van der Waals surface area (Å²) in [7, 11) is 0.541. The lowest BCUT2D eigenvalue weighted by Crippen LogP contribution is -2.07. The summed E-state index contributed by atoms with van der Waals surface area (Å²) < 4.78 is 10.4. The minimum atomic E-state index is -0.786. The van der Waals surface area contributed by atoms with Crippen molar-refractivity contribution >= 4 is 20.6 Å². The van der Waals surface area contributed by atoms with Crippen molar-refractivity contribution in [3.8, 4) is 0 Å². The van der Waals surface area contributed by atoms with Crippen LogP contribution in [0.3, 0.4) is 0 Å². The van der Waals surface area contributed by atoms with E-state index in [0.717, 1.165) is 0 Å². The lowest BCUT2D eigenvalue weighted by molar-refractivity contribution is 0.226. The molecule has 1 unspecified atom stereocenters. The van der Waals surface area contributed by atoms with Crippen LogP contribution in [-0.2, 0) is 9.83 Å². The quantitative estimate of drug-likeness (QED) is 0.469. The average molecular weight is 138 g/mol. The van der Waals surface area contributed by atoms with Crippen LogP contribution < -0.4 is 0 Å².